The highest BCUT2D eigenvalue weighted by Crippen LogP contribution is 2.18. The van der Waals surface area contributed by atoms with Crippen molar-refractivity contribution < 1.29 is 9.53 Å². The summed E-state index contributed by atoms with van der Waals surface area (Å²) in [6, 6.07) is 0.856. The minimum absolute atomic E-state index is 0.101. The minimum Gasteiger partial charge on any atom is -0.381 e. The molecule has 2 aliphatic rings. The molecule has 98 valence electrons. The molecule has 0 aromatic rings. The van der Waals surface area contributed by atoms with Crippen LogP contribution >= 0.6 is 0 Å². The summed E-state index contributed by atoms with van der Waals surface area (Å²) >= 11 is 0. The summed E-state index contributed by atoms with van der Waals surface area (Å²) in [5.74, 6) is 0. The van der Waals surface area contributed by atoms with Crippen LogP contribution in [0.25, 0.3) is 0 Å². The molecule has 0 aromatic heterocycles. The molecule has 1 heterocycles. The smallest absolute Gasteiger partial charge is 0.317 e. The van der Waals surface area contributed by atoms with Crippen molar-refractivity contribution >= 4 is 6.03 Å². The number of nitrogens with zero attached hydrogens (tertiary/aromatic N) is 1. The van der Waals surface area contributed by atoms with Crippen LogP contribution in [0, 0.1) is 0 Å². The fourth-order valence-corrected chi connectivity index (χ4v) is 2.76. The van der Waals surface area contributed by atoms with Gasteiger partial charge < -0.3 is 15.0 Å². The number of hydrogen-bond acceptors (Lipinski definition) is 2. The molecule has 1 aliphatic carbocycles. The molecule has 4 nitrogen and oxygen atoms in total. The highest BCUT2D eigenvalue weighted by atomic mass is 16.5. The Bertz CT molecular complexity index is 246. The van der Waals surface area contributed by atoms with Gasteiger partial charge in [-0.1, -0.05) is 19.3 Å². The average Bonchev–Trinajstić information content (AvgIpc) is 2.40. The lowest BCUT2D eigenvalue weighted by Crippen LogP contribution is -2.49. The van der Waals surface area contributed by atoms with Crippen LogP contribution in [0.5, 0.6) is 0 Å². The molecule has 0 spiro atoms. The second kappa shape index (κ2) is 6.24. The second-order valence-corrected chi connectivity index (χ2v) is 5.24. The Morgan fingerprint density at radius 3 is 2.41 bits per heavy atom. The van der Waals surface area contributed by atoms with Crippen LogP contribution in [0.2, 0.25) is 0 Å². The first-order valence-corrected chi connectivity index (χ1v) is 6.88. The Kier molecular flexibility index (Phi) is 4.66. The Labute approximate surface area is 104 Å². The molecule has 0 atom stereocenters. The van der Waals surface area contributed by atoms with E-state index in [1.807, 2.05) is 11.9 Å². The zero-order valence-corrected chi connectivity index (χ0v) is 10.8. The third-order valence-corrected chi connectivity index (χ3v) is 3.99. The molecular weight excluding hydrogens is 216 g/mol. The van der Waals surface area contributed by atoms with E-state index in [0.29, 0.717) is 12.1 Å². The number of amides is 2. The quantitative estimate of drug-likeness (QED) is 0.803. The summed E-state index contributed by atoms with van der Waals surface area (Å²) in [5.41, 5.74) is 0. The summed E-state index contributed by atoms with van der Waals surface area (Å²) < 4.78 is 5.32. The number of rotatable bonds is 2. The van der Waals surface area contributed by atoms with Crippen molar-refractivity contribution in [2.45, 2.75) is 57.0 Å². The number of urea groups is 1. The molecule has 2 rings (SSSR count). The average molecular weight is 240 g/mol. The van der Waals surface area contributed by atoms with Crippen molar-refractivity contribution in [2.24, 2.45) is 0 Å². The van der Waals surface area contributed by atoms with E-state index in [2.05, 4.69) is 5.32 Å². The van der Waals surface area contributed by atoms with Gasteiger partial charge in [0.25, 0.3) is 0 Å². The monoisotopic (exact) mass is 240 g/mol. The van der Waals surface area contributed by atoms with Crippen LogP contribution in [0.3, 0.4) is 0 Å². The molecule has 2 fully saturated rings. The van der Waals surface area contributed by atoms with E-state index in [9.17, 15) is 4.79 Å². The van der Waals surface area contributed by atoms with Gasteiger partial charge in [-0.25, -0.2) is 4.79 Å². The maximum atomic E-state index is 12.1. The van der Waals surface area contributed by atoms with E-state index in [1.54, 1.807) is 0 Å². The summed E-state index contributed by atoms with van der Waals surface area (Å²) in [6.07, 6.45) is 8.06. The second-order valence-electron chi connectivity index (χ2n) is 5.24. The van der Waals surface area contributed by atoms with Crippen molar-refractivity contribution in [1.82, 2.24) is 10.2 Å². The summed E-state index contributed by atoms with van der Waals surface area (Å²) in [7, 11) is 1.91. The fraction of sp³-hybridized carbons (Fsp3) is 0.923. The van der Waals surface area contributed by atoms with Crippen molar-refractivity contribution in [1.29, 1.82) is 0 Å². The van der Waals surface area contributed by atoms with Gasteiger partial charge in [0.05, 0.1) is 0 Å². The molecular formula is C13H24N2O2. The van der Waals surface area contributed by atoms with Crippen LogP contribution in [-0.2, 0) is 4.74 Å². The molecule has 1 saturated carbocycles. The van der Waals surface area contributed by atoms with Gasteiger partial charge in [0.15, 0.2) is 0 Å². The van der Waals surface area contributed by atoms with Crippen molar-refractivity contribution in [3.05, 3.63) is 0 Å². The Morgan fingerprint density at radius 2 is 1.76 bits per heavy atom. The van der Waals surface area contributed by atoms with E-state index < -0.39 is 0 Å². The molecule has 1 saturated heterocycles. The maximum absolute atomic E-state index is 12.1. The predicted molar refractivity (Wildman–Crippen MR) is 67.0 cm³/mol. The number of hydrogen-bond donors (Lipinski definition) is 1. The van der Waals surface area contributed by atoms with E-state index in [4.69, 9.17) is 4.74 Å². The normalized spacial score (nSPS) is 23.4. The molecule has 2 amide bonds. The number of nitrogens with one attached hydrogen (secondary N) is 1. The number of ether oxygens (including phenoxy) is 1. The standard InChI is InChI=1S/C13H24N2O2/c1-15(12-7-9-17-10-8-12)13(16)14-11-5-3-2-4-6-11/h11-12H,2-10H2,1H3,(H,14,16). The van der Waals surface area contributed by atoms with Gasteiger partial charge in [0, 0.05) is 32.3 Å². The van der Waals surface area contributed by atoms with E-state index >= 15 is 0 Å². The SMILES string of the molecule is CN(C(=O)NC1CCCCC1)C1CCOCC1. The van der Waals surface area contributed by atoms with Crippen LogP contribution in [0.15, 0.2) is 0 Å². The summed E-state index contributed by atoms with van der Waals surface area (Å²) in [5, 5.41) is 3.16. The van der Waals surface area contributed by atoms with Crippen LogP contribution < -0.4 is 5.32 Å². The van der Waals surface area contributed by atoms with Gasteiger partial charge in [-0.05, 0) is 25.7 Å². The predicted octanol–water partition coefficient (Wildman–Crippen LogP) is 2.14. The van der Waals surface area contributed by atoms with E-state index in [1.165, 1.54) is 19.3 Å². The highest BCUT2D eigenvalue weighted by molar-refractivity contribution is 5.74. The third-order valence-electron chi connectivity index (χ3n) is 3.99. The molecule has 17 heavy (non-hydrogen) atoms. The number of carbonyl (C=O) groups is 1. The van der Waals surface area contributed by atoms with E-state index in [-0.39, 0.29) is 6.03 Å². The lowest BCUT2D eigenvalue weighted by molar-refractivity contribution is 0.0520. The lowest BCUT2D eigenvalue weighted by atomic mass is 9.96. The van der Waals surface area contributed by atoms with Crippen molar-refractivity contribution in [3.63, 3.8) is 0 Å². The largest absolute Gasteiger partial charge is 0.381 e. The minimum atomic E-state index is 0.101. The molecule has 1 N–H and O–H groups in total. The molecule has 0 unspecified atom stereocenters. The summed E-state index contributed by atoms with van der Waals surface area (Å²) in [4.78, 5) is 14.0. The topological polar surface area (TPSA) is 41.6 Å². The van der Waals surface area contributed by atoms with Gasteiger partial charge >= 0.3 is 6.03 Å². The Balaban J connectivity index is 1.77. The first kappa shape index (κ1) is 12.7. The fourth-order valence-electron chi connectivity index (χ4n) is 2.76. The zero-order chi connectivity index (χ0) is 12.1. The summed E-state index contributed by atoms with van der Waals surface area (Å²) in [6.45, 7) is 1.57. The van der Waals surface area contributed by atoms with Gasteiger partial charge in [-0.15, -0.1) is 0 Å². The first-order chi connectivity index (χ1) is 8.27. The molecule has 0 radical (unpaired) electrons. The molecule has 4 heteroatoms. The van der Waals surface area contributed by atoms with E-state index in [0.717, 1.165) is 38.9 Å². The van der Waals surface area contributed by atoms with Crippen molar-refractivity contribution in [2.75, 3.05) is 20.3 Å². The van der Waals surface area contributed by atoms with Crippen LogP contribution in [0.1, 0.15) is 44.9 Å². The zero-order valence-electron chi connectivity index (χ0n) is 10.8. The Morgan fingerprint density at radius 1 is 1.12 bits per heavy atom. The van der Waals surface area contributed by atoms with Gasteiger partial charge in [-0.3, -0.25) is 0 Å². The van der Waals surface area contributed by atoms with Crippen molar-refractivity contribution in [3.8, 4) is 0 Å². The first-order valence-electron chi connectivity index (χ1n) is 6.88. The van der Waals surface area contributed by atoms with Gasteiger partial charge in [0.2, 0.25) is 0 Å². The van der Waals surface area contributed by atoms with Crippen LogP contribution in [0.4, 0.5) is 4.79 Å². The lowest BCUT2D eigenvalue weighted by Gasteiger charge is -2.33. The maximum Gasteiger partial charge on any atom is 0.317 e. The third kappa shape index (κ3) is 3.60. The Hall–Kier alpha value is -0.770. The molecule has 0 aromatic carbocycles. The highest BCUT2D eigenvalue weighted by Gasteiger charge is 2.24. The molecule has 0 bridgehead atoms. The van der Waals surface area contributed by atoms with Gasteiger partial charge in [0.1, 0.15) is 0 Å². The number of carbonyl (C=O) groups excluding carboxylic acids is 1. The van der Waals surface area contributed by atoms with Gasteiger partial charge in [-0.2, -0.15) is 0 Å². The van der Waals surface area contributed by atoms with Crippen LogP contribution in [-0.4, -0.2) is 43.3 Å². The molecule has 1 aliphatic heterocycles.